The third-order valence-corrected chi connectivity index (χ3v) is 5.92. The van der Waals surface area contributed by atoms with Crippen LogP contribution >= 0.6 is 11.6 Å². The lowest BCUT2D eigenvalue weighted by atomic mass is 10.0. The van der Waals surface area contributed by atoms with Crippen molar-refractivity contribution in [3.8, 4) is 17.6 Å². The van der Waals surface area contributed by atoms with Crippen molar-refractivity contribution in [1.29, 1.82) is 0 Å². The molecule has 2 N–H and O–H groups in total. The van der Waals surface area contributed by atoms with Crippen molar-refractivity contribution < 1.29 is 9.13 Å². The van der Waals surface area contributed by atoms with E-state index in [0.717, 1.165) is 42.6 Å². The minimum absolute atomic E-state index is 0.0405. The molecule has 0 bridgehead atoms. The van der Waals surface area contributed by atoms with Gasteiger partial charge in [0.15, 0.2) is 0 Å². The Morgan fingerprint density at radius 1 is 1.21 bits per heavy atom. The van der Waals surface area contributed by atoms with E-state index in [1.807, 2.05) is 19.1 Å². The summed E-state index contributed by atoms with van der Waals surface area (Å²) in [4.78, 5) is 11.2. The molecule has 1 aromatic heterocycles. The summed E-state index contributed by atoms with van der Waals surface area (Å²) in [5, 5.41) is 7.41. The summed E-state index contributed by atoms with van der Waals surface area (Å²) in [6.07, 6.45) is 1.48. The molecule has 0 amide bonds. The quantitative estimate of drug-likeness (QED) is 0.535. The molecule has 0 unspecified atom stereocenters. The maximum Gasteiger partial charge on any atom is 0.141 e. The van der Waals surface area contributed by atoms with Gasteiger partial charge in [-0.2, -0.15) is 0 Å². The summed E-state index contributed by atoms with van der Waals surface area (Å²) in [6.45, 7) is 10.6. The number of halogens is 2. The topological polar surface area (TPSA) is 62.3 Å². The highest BCUT2D eigenvalue weighted by molar-refractivity contribution is 6.31. The van der Waals surface area contributed by atoms with Crippen LogP contribution in [0.5, 0.6) is 5.75 Å². The van der Waals surface area contributed by atoms with Gasteiger partial charge in [-0.3, -0.25) is 4.90 Å². The monoisotopic (exact) mass is 467 g/mol. The molecule has 172 valence electrons. The molecule has 33 heavy (non-hydrogen) atoms. The fourth-order valence-corrected chi connectivity index (χ4v) is 3.97. The van der Waals surface area contributed by atoms with Crippen LogP contribution in [-0.4, -0.2) is 53.2 Å². The Bertz CT molecular complexity index is 1210. The molecule has 2 aromatic carbocycles. The number of hydrogen-bond acceptors (Lipinski definition) is 6. The number of rotatable bonds is 5. The Morgan fingerprint density at radius 2 is 2.00 bits per heavy atom. The minimum atomic E-state index is -0.471. The number of anilines is 2. The van der Waals surface area contributed by atoms with Crippen molar-refractivity contribution in [2.75, 3.05) is 38.1 Å². The van der Waals surface area contributed by atoms with Gasteiger partial charge < -0.3 is 15.4 Å². The lowest BCUT2D eigenvalue weighted by molar-refractivity contribution is 0.149. The Morgan fingerprint density at radius 3 is 2.73 bits per heavy atom. The number of hydrogen-bond donors (Lipinski definition) is 2. The lowest BCUT2D eigenvalue weighted by Gasteiger charge is -2.37. The summed E-state index contributed by atoms with van der Waals surface area (Å²) in [5.41, 5.74) is 1.83. The van der Waals surface area contributed by atoms with Crippen LogP contribution < -0.4 is 15.4 Å². The summed E-state index contributed by atoms with van der Waals surface area (Å²) in [5.74, 6) is 7.57. The van der Waals surface area contributed by atoms with Crippen molar-refractivity contribution in [1.82, 2.24) is 20.2 Å². The number of fused-ring (bicyclic) bond motifs is 1. The summed E-state index contributed by atoms with van der Waals surface area (Å²) in [6, 6.07) is 8.27. The van der Waals surface area contributed by atoms with Crippen molar-refractivity contribution >= 4 is 34.0 Å². The average Bonchev–Trinajstić information content (AvgIpc) is 2.81. The zero-order chi connectivity index (χ0) is 23.4. The molecule has 0 aliphatic carbocycles. The van der Waals surface area contributed by atoms with E-state index in [9.17, 15) is 4.39 Å². The van der Waals surface area contributed by atoms with E-state index in [2.05, 4.69) is 51.2 Å². The number of aromatic nitrogens is 2. The number of piperazine rings is 1. The molecule has 4 rings (SSSR count). The van der Waals surface area contributed by atoms with Crippen LogP contribution in [0, 0.1) is 17.7 Å². The van der Waals surface area contributed by atoms with Gasteiger partial charge in [0.1, 0.15) is 23.7 Å². The number of benzene rings is 2. The SMILES string of the molecule is CCOc1cc2ncnc(Nc3ccc(F)c(Cl)c3)c2cc1C#CC(C)(C)N1CCNCC1. The summed E-state index contributed by atoms with van der Waals surface area (Å²) < 4.78 is 19.4. The lowest BCUT2D eigenvalue weighted by Crippen LogP contribution is -2.52. The highest BCUT2D eigenvalue weighted by Gasteiger charge is 2.25. The molecule has 1 fully saturated rings. The summed E-state index contributed by atoms with van der Waals surface area (Å²) >= 11 is 5.94. The van der Waals surface area contributed by atoms with E-state index < -0.39 is 5.82 Å². The number of ether oxygens (including phenoxy) is 1. The fourth-order valence-electron chi connectivity index (χ4n) is 3.79. The molecule has 0 radical (unpaired) electrons. The normalized spacial score (nSPS) is 14.6. The van der Waals surface area contributed by atoms with Crippen LogP contribution in [0.4, 0.5) is 15.9 Å². The van der Waals surface area contributed by atoms with Crippen LogP contribution in [0.15, 0.2) is 36.7 Å². The first-order valence-corrected chi connectivity index (χ1v) is 11.4. The number of nitrogens with zero attached hydrogens (tertiary/aromatic N) is 3. The van der Waals surface area contributed by atoms with Crippen LogP contribution in [0.1, 0.15) is 26.3 Å². The number of nitrogens with one attached hydrogen (secondary N) is 2. The van der Waals surface area contributed by atoms with Crippen molar-refractivity contribution in [2.45, 2.75) is 26.3 Å². The van der Waals surface area contributed by atoms with E-state index in [4.69, 9.17) is 16.3 Å². The van der Waals surface area contributed by atoms with Crippen LogP contribution in [0.3, 0.4) is 0 Å². The molecule has 0 atom stereocenters. The molecule has 1 aliphatic heterocycles. The molecule has 8 heteroatoms. The van der Waals surface area contributed by atoms with Gasteiger partial charge >= 0.3 is 0 Å². The Hall–Kier alpha value is -2.92. The second-order valence-electron chi connectivity index (χ2n) is 8.32. The smallest absolute Gasteiger partial charge is 0.141 e. The first-order chi connectivity index (χ1) is 15.9. The molecule has 6 nitrogen and oxygen atoms in total. The van der Waals surface area contributed by atoms with Gasteiger partial charge in [-0.15, -0.1) is 0 Å². The molecule has 2 heterocycles. The highest BCUT2D eigenvalue weighted by Crippen LogP contribution is 2.30. The first-order valence-electron chi connectivity index (χ1n) is 11.0. The van der Waals surface area contributed by atoms with Gasteiger partial charge in [0, 0.05) is 43.3 Å². The molecule has 3 aromatic rings. The predicted molar refractivity (Wildman–Crippen MR) is 131 cm³/mol. The molecule has 1 saturated heterocycles. The van der Waals surface area contributed by atoms with Gasteiger partial charge in [0.05, 0.1) is 28.2 Å². The molecular weight excluding hydrogens is 441 g/mol. The van der Waals surface area contributed by atoms with Gasteiger partial charge in [-0.1, -0.05) is 23.4 Å². The average molecular weight is 468 g/mol. The van der Waals surface area contributed by atoms with E-state index in [1.54, 1.807) is 6.07 Å². The zero-order valence-electron chi connectivity index (χ0n) is 19.0. The Balaban J connectivity index is 1.73. The van der Waals surface area contributed by atoms with Crippen molar-refractivity contribution in [3.05, 3.63) is 53.1 Å². The van der Waals surface area contributed by atoms with Crippen molar-refractivity contribution in [3.63, 3.8) is 0 Å². The van der Waals surface area contributed by atoms with Crippen LogP contribution in [0.2, 0.25) is 5.02 Å². The highest BCUT2D eigenvalue weighted by atomic mass is 35.5. The van der Waals surface area contributed by atoms with E-state index in [-0.39, 0.29) is 10.6 Å². The van der Waals surface area contributed by atoms with Crippen molar-refractivity contribution in [2.24, 2.45) is 0 Å². The van der Waals surface area contributed by atoms with E-state index in [0.29, 0.717) is 23.9 Å². The predicted octanol–water partition coefficient (Wildman–Crippen LogP) is 4.60. The van der Waals surface area contributed by atoms with Gasteiger partial charge in [0.25, 0.3) is 0 Å². The van der Waals surface area contributed by atoms with Gasteiger partial charge in [-0.25, -0.2) is 14.4 Å². The minimum Gasteiger partial charge on any atom is -0.492 e. The standard InChI is InChI=1S/C25H27ClFN5O/c1-4-33-23-15-22-19(13-17(23)7-8-25(2,3)32-11-9-28-10-12-32)24(30-16-29-22)31-18-5-6-21(27)20(26)14-18/h5-6,13-16,28H,4,9-12H2,1-3H3,(H,29,30,31). The third kappa shape index (κ3) is 5.36. The second kappa shape index (κ2) is 9.92. The molecular formula is C25H27ClFN5O. The third-order valence-electron chi connectivity index (χ3n) is 5.63. The van der Waals surface area contributed by atoms with Crippen LogP contribution in [-0.2, 0) is 0 Å². The van der Waals surface area contributed by atoms with Gasteiger partial charge in [-0.05, 0) is 45.0 Å². The van der Waals surface area contributed by atoms with E-state index in [1.165, 1.54) is 18.5 Å². The second-order valence-corrected chi connectivity index (χ2v) is 8.73. The van der Waals surface area contributed by atoms with Crippen LogP contribution in [0.25, 0.3) is 10.9 Å². The Kier molecular flexibility index (Phi) is 6.99. The largest absolute Gasteiger partial charge is 0.492 e. The molecule has 1 aliphatic rings. The zero-order valence-corrected chi connectivity index (χ0v) is 19.8. The maximum atomic E-state index is 13.6. The summed E-state index contributed by atoms with van der Waals surface area (Å²) in [7, 11) is 0. The molecule has 0 spiro atoms. The first kappa shape index (κ1) is 23.2. The Labute approximate surface area is 198 Å². The van der Waals surface area contributed by atoms with E-state index >= 15 is 0 Å². The van der Waals surface area contributed by atoms with Gasteiger partial charge in [0.2, 0.25) is 0 Å². The maximum absolute atomic E-state index is 13.6. The molecule has 0 saturated carbocycles. The fraction of sp³-hybridized carbons (Fsp3) is 0.360.